The number of hydrogen-bond donors (Lipinski definition) is 1. The first-order valence-electron chi connectivity index (χ1n) is 11.9. The summed E-state index contributed by atoms with van der Waals surface area (Å²) < 4.78 is 0. The van der Waals surface area contributed by atoms with Crippen LogP contribution in [0.3, 0.4) is 0 Å². The third kappa shape index (κ3) is 5.03. The maximum Gasteiger partial charge on any atom is 0.319 e. The molecule has 7 nitrogen and oxygen atoms in total. The molecule has 1 aliphatic carbocycles. The highest BCUT2D eigenvalue weighted by molar-refractivity contribution is 5.90. The first-order chi connectivity index (χ1) is 16.8. The van der Waals surface area contributed by atoms with Gasteiger partial charge in [0.15, 0.2) is 5.82 Å². The van der Waals surface area contributed by atoms with Crippen LogP contribution in [0.25, 0.3) is 11.4 Å². The van der Waals surface area contributed by atoms with Crippen molar-refractivity contribution in [2.45, 2.75) is 38.1 Å². The molecule has 0 spiro atoms. The molecule has 180 valence electrons. The highest BCUT2D eigenvalue weighted by atomic mass is 16.2. The lowest BCUT2D eigenvalue weighted by Crippen LogP contribution is -2.50. The molecule has 7 heteroatoms. The molecular formula is C28H32N6O. The number of benzene rings is 2. The number of anilines is 1. The molecule has 1 fully saturated rings. The minimum absolute atomic E-state index is 0.00974. The second-order valence-electron chi connectivity index (χ2n) is 9.98. The molecule has 3 aromatic rings. The molecule has 0 atom stereocenters. The van der Waals surface area contributed by atoms with Crippen molar-refractivity contribution >= 4 is 11.7 Å². The van der Waals surface area contributed by atoms with Crippen molar-refractivity contribution in [1.29, 1.82) is 5.26 Å². The minimum atomic E-state index is -0.506. The van der Waals surface area contributed by atoms with E-state index in [4.69, 9.17) is 11.0 Å². The smallest absolute Gasteiger partial charge is 0.319 e. The number of primary amides is 1. The topological polar surface area (TPSA) is 99.1 Å². The number of amides is 2. The van der Waals surface area contributed by atoms with Crippen molar-refractivity contribution in [3.05, 3.63) is 78.1 Å². The Morgan fingerprint density at radius 1 is 1.00 bits per heavy atom. The van der Waals surface area contributed by atoms with Crippen molar-refractivity contribution in [1.82, 2.24) is 14.9 Å². The Morgan fingerprint density at radius 2 is 1.60 bits per heavy atom. The van der Waals surface area contributed by atoms with Gasteiger partial charge in [0.2, 0.25) is 0 Å². The fraction of sp³-hybridized carbons (Fsp3) is 0.357. The largest absolute Gasteiger partial charge is 0.351 e. The van der Waals surface area contributed by atoms with Crippen LogP contribution in [-0.2, 0) is 5.54 Å². The molecule has 1 saturated carbocycles. The normalized spacial score (nSPS) is 21.9. The summed E-state index contributed by atoms with van der Waals surface area (Å²) in [6, 6.07) is 19.4. The van der Waals surface area contributed by atoms with E-state index in [-0.39, 0.29) is 11.0 Å². The van der Waals surface area contributed by atoms with Gasteiger partial charge in [0.1, 0.15) is 0 Å². The van der Waals surface area contributed by atoms with E-state index in [1.165, 1.54) is 5.56 Å². The van der Waals surface area contributed by atoms with E-state index < -0.39 is 6.03 Å². The van der Waals surface area contributed by atoms with Crippen LogP contribution < -0.4 is 10.6 Å². The van der Waals surface area contributed by atoms with E-state index in [1.54, 1.807) is 29.4 Å². The number of carbonyl (C=O) groups excluding carboxylic acids is 1. The van der Waals surface area contributed by atoms with Gasteiger partial charge in [0.25, 0.3) is 0 Å². The van der Waals surface area contributed by atoms with E-state index in [0.29, 0.717) is 23.6 Å². The summed E-state index contributed by atoms with van der Waals surface area (Å²) >= 11 is 0. The Hall–Kier alpha value is -3.76. The summed E-state index contributed by atoms with van der Waals surface area (Å²) in [5.74, 6) is 0.533. The molecule has 0 unspecified atom stereocenters. The third-order valence-electron chi connectivity index (χ3n) is 7.48. The molecule has 2 N–H and O–H groups in total. The molecule has 0 bridgehead atoms. The average Bonchev–Trinajstić information content (AvgIpc) is 2.88. The van der Waals surface area contributed by atoms with E-state index >= 15 is 0 Å². The first-order valence-corrected chi connectivity index (χ1v) is 11.9. The minimum Gasteiger partial charge on any atom is -0.351 e. The van der Waals surface area contributed by atoms with Gasteiger partial charge >= 0.3 is 6.03 Å². The van der Waals surface area contributed by atoms with Gasteiger partial charge in [-0.2, -0.15) is 5.26 Å². The van der Waals surface area contributed by atoms with Crippen LogP contribution in [-0.4, -0.2) is 41.5 Å². The highest BCUT2D eigenvalue weighted by Crippen LogP contribution is 2.48. The second kappa shape index (κ2) is 9.85. The van der Waals surface area contributed by atoms with Crippen LogP contribution >= 0.6 is 0 Å². The number of rotatable bonds is 6. The molecule has 0 radical (unpaired) electrons. The summed E-state index contributed by atoms with van der Waals surface area (Å²) in [5, 5.41) is 8.98. The molecular weight excluding hydrogens is 436 g/mol. The van der Waals surface area contributed by atoms with Crippen molar-refractivity contribution < 1.29 is 4.79 Å². The van der Waals surface area contributed by atoms with Crippen LogP contribution in [0.4, 0.5) is 10.5 Å². The molecule has 1 heterocycles. The van der Waals surface area contributed by atoms with Crippen molar-refractivity contribution in [2.24, 2.45) is 11.1 Å². The van der Waals surface area contributed by atoms with Gasteiger partial charge in [0, 0.05) is 17.6 Å². The monoisotopic (exact) mass is 468 g/mol. The standard InChI is InChI=1S/C28H32N6O/c1-27(13-15-28(16-14-27,33(2)3)23-7-5-4-6-8-23)20-34(26(30)35)24-18-31-25(32-19-24)22-11-9-21(17-29)10-12-22/h4-12,18-19H,13-16,20H2,1-3H3,(H2,30,35)/t27-,28-. The van der Waals surface area contributed by atoms with Crippen LogP contribution in [0.5, 0.6) is 0 Å². The molecule has 1 aliphatic rings. The predicted molar refractivity (Wildman–Crippen MR) is 137 cm³/mol. The Labute approximate surface area is 207 Å². The lowest BCUT2D eigenvalue weighted by molar-refractivity contribution is 0.0459. The van der Waals surface area contributed by atoms with E-state index in [9.17, 15) is 4.79 Å². The number of nitrogens with zero attached hydrogens (tertiary/aromatic N) is 5. The van der Waals surface area contributed by atoms with E-state index in [1.807, 2.05) is 12.1 Å². The van der Waals surface area contributed by atoms with E-state index in [2.05, 4.69) is 72.3 Å². The number of aromatic nitrogens is 2. The number of urea groups is 1. The zero-order valence-electron chi connectivity index (χ0n) is 20.6. The SMILES string of the molecule is CN(C)[C@]1(c2ccccc2)CC[C@@](C)(CN(C(N)=O)c2cnc(-c3ccc(C#N)cc3)nc2)CC1. The van der Waals surface area contributed by atoms with Crippen molar-refractivity contribution in [2.75, 3.05) is 25.5 Å². The zero-order chi connectivity index (χ0) is 25.1. The Balaban J connectivity index is 1.50. The maximum atomic E-state index is 12.5. The highest BCUT2D eigenvalue weighted by Gasteiger charge is 2.44. The summed E-state index contributed by atoms with van der Waals surface area (Å²) in [5.41, 5.74) is 9.04. The number of hydrogen-bond acceptors (Lipinski definition) is 5. The van der Waals surface area contributed by atoms with Crippen molar-refractivity contribution in [3.63, 3.8) is 0 Å². The van der Waals surface area contributed by atoms with E-state index in [0.717, 1.165) is 31.2 Å². The number of nitrogens with two attached hydrogens (primary N) is 1. The lowest BCUT2D eigenvalue weighted by Gasteiger charge is -2.50. The van der Waals surface area contributed by atoms with Gasteiger partial charge in [-0.3, -0.25) is 9.80 Å². The van der Waals surface area contributed by atoms with Crippen LogP contribution in [0.15, 0.2) is 67.0 Å². The van der Waals surface area contributed by atoms with Crippen molar-refractivity contribution in [3.8, 4) is 17.5 Å². The summed E-state index contributed by atoms with van der Waals surface area (Å²) in [6.07, 6.45) is 7.22. The lowest BCUT2D eigenvalue weighted by atomic mass is 9.65. The molecule has 35 heavy (non-hydrogen) atoms. The third-order valence-corrected chi connectivity index (χ3v) is 7.48. The zero-order valence-corrected chi connectivity index (χ0v) is 20.6. The van der Waals surface area contributed by atoms with Gasteiger partial charge in [-0.15, -0.1) is 0 Å². The van der Waals surface area contributed by atoms with Gasteiger partial charge in [-0.1, -0.05) is 37.3 Å². The molecule has 0 aliphatic heterocycles. The fourth-order valence-electron chi connectivity index (χ4n) is 5.15. The quantitative estimate of drug-likeness (QED) is 0.552. The second-order valence-corrected chi connectivity index (χ2v) is 9.98. The van der Waals surface area contributed by atoms with Crippen LogP contribution in [0.1, 0.15) is 43.7 Å². The molecule has 0 saturated heterocycles. The number of carbonyl (C=O) groups is 1. The Kier molecular flexibility index (Phi) is 6.86. The van der Waals surface area contributed by atoms with Gasteiger partial charge in [0.05, 0.1) is 29.7 Å². The van der Waals surface area contributed by atoms with Gasteiger partial charge in [-0.05, 0) is 75.0 Å². The molecule has 2 aromatic carbocycles. The fourth-order valence-corrected chi connectivity index (χ4v) is 5.15. The summed E-state index contributed by atoms with van der Waals surface area (Å²) in [7, 11) is 4.30. The molecule has 2 amide bonds. The average molecular weight is 469 g/mol. The summed E-state index contributed by atoms with van der Waals surface area (Å²) in [4.78, 5) is 25.3. The van der Waals surface area contributed by atoms with Crippen LogP contribution in [0.2, 0.25) is 0 Å². The summed E-state index contributed by atoms with van der Waals surface area (Å²) in [6.45, 7) is 2.75. The Bertz CT molecular complexity index is 1190. The molecule has 4 rings (SSSR count). The predicted octanol–water partition coefficient (Wildman–Crippen LogP) is 4.94. The maximum absolute atomic E-state index is 12.5. The van der Waals surface area contributed by atoms with Gasteiger partial charge in [-0.25, -0.2) is 14.8 Å². The Morgan fingerprint density at radius 3 is 2.11 bits per heavy atom. The van der Waals surface area contributed by atoms with Gasteiger partial charge < -0.3 is 5.73 Å². The molecule has 1 aromatic heterocycles. The first kappa shape index (κ1) is 24.4. The van der Waals surface area contributed by atoms with Crippen LogP contribution in [0, 0.1) is 16.7 Å². The number of nitriles is 1.